The molecule has 1 atom stereocenters. The Bertz CT molecular complexity index is 424. The molecule has 2 N–H and O–H groups in total. The fourth-order valence-corrected chi connectivity index (χ4v) is 2.10. The van der Waals surface area contributed by atoms with Crippen molar-refractivity contribution in [1.82, 2.24) is 5.32 Å². The lowest BCUT2D eigenvalue weighted by Crippen LogP contribution is -2.30. The molecule has 0 bridgehead atoms. The zero-order chi connectivity index (χ0) is 15.1. The van der Waals surface area contributed by atoms with Crippen molar-refractivity contribution in [3.8, 4) is 11.5 Å². The van der Waals surface area contributed by atoms with Gasteiger partial charge in [-0.1, -0.05) is 25.4 Å². The number of halogens is 1. The zero-order valence-electron chi connectivity index (χ0n) is 12.6. The lowest BCUT2D eigenvalue weighted by Gasteiger charge is -2.16. The van der Waals surface area contributed by atoms with Crippen LogP contribution in [0.3, 0.4) is 0 Å². The van der Waals surface area contributed by atoms with E-state index in [1.54, 1.807) is 7.11 Å². The summed E-state index contributed by atoms with van der Waals surface area (Å²) in [6.07, 6.45) is -0.352. The first-order chi connectivity index (χ1) is 9.49. The predicted molar refractivity (Wildman–Crippen MR) is 81.7 cm³/mol. The second-order valence-electron chi connectivity index (χ2n) is 4.98. The van der Waals surface area contributed by atoms with Gasteiger partial charge >= 0.3 is 0 Å². The normalized spacial score (nSPS) is 12.6. The van der Waals surface area contributed by atoms with E-state index in [1.807, 2.05) is 32.9 Å². The van der Waals surface area contributed by atoms with E-state index in [0.29, 0.717) is 36.2 Å². The van der Waals surface area contributed by atoms with Crippen molar-refractivity contribution < 1.29 is 14.6 Å². The number of benzene rings is 1. The minimum Gasteiger partial charge on any atom is -0.491 e. The number of hydrogen-bond donors (Lipinski definition) is 2. The van der Waals surface area contributed by atoms with Crippen LogP contribution in [0.25, 0.3) is 0 Å². The van der Waals surface area contributed by atoms with Gasteiger partial charge in [-0.15, -0.1) is 0 Å². The Hall–Kier alpha value is -0.970. The van der Waals surface area contributed by atoms with Crippen LogP contribution in [0.1, 0.15) is 26.3 Å². The largest absolute Gasteiger partial charge is 0.491 e. The van der Waals surface area contributed by atoms with Gasteiger partial charge in [0.2, 0.25) is 0 Å². The Kier molecular flexibility index (Phi) is 7.13. The molecule has 114 valence electrons. The minimum absolute atomic E-state index is 0.237. The highest BCUT2D eigenvalue weighted by Crippen LogP contribution is 2.36. The van der Waals surface area contributed by atoms with Crippen molar-refractivity contribution in [2.75, 3.05) is 20.3 Å². The van der Waals surface area contributed by atoms with Crippen molar-refractivity contribution in [1.29, 1.82) is 0 Å². The fraction of sp³-hybridized carbons (Fsp3) is 0.600. The van der Waals surface area contributed by atoms with Crippen molar-refractivity contribution in [3.63, 3.8) is 0 Å². The molecule has 5 heteroatoms. The van der Waals surface area contributed by atoms with Crippen LogP contribution < -0.4 is 14.8 Å². The Morgan fingerprint density at radius 2 is 2.05 bits per heavy atom. The zero-order valence-corrected chi connectivity index (χ0v) is 13.3. The Balaban J connectivity index is 2.71. The molecule has 0 aliphatic carbocycles. The molecule has 0 aliphatic rings. The standard InChI is InChI=1S/C15H24ClNO3/c1-5-20-14-7-11(6-12(16)15(14)19-4)8-17-9-13(18)10(2)3/h6-7,10,13,17-18H,5,8-9H2,1-4H3. The first-order valence-electron chi connectivity index (χ1n) is 6.87. The van der Waals surface area contributed by atoms with Crippen LogP contribution in [0.5, 0.6) is 11.5 Å². The lowest BCUT2D eigenvalue weighted by molar-refractivity contribution is 0.123. The Morgan fingerprint density at radius 3 is 2.60 bits per heavy atom. The maximum absolute atomic E-state index is 9.75. The Labute approximate surface area is 126 Å². The first-order valence-corrected chi connectivity index (χ1v) is 7.25. The van der Waals surface area contributed by atoms with E-state index in [9.17, 15) is 5.11 Å². The third kappa shape index (κ3) is 4.85. The van der Waals surface area contributed by atoms with E-state index in [4.69, 9.17) is 21.1 Å². The molecule has 0 amide bonds. The average molecular weight is 302 g/mol. The monoisotopic (exact) mass is 301 g/mol. The van der Waals surface area contributed by atoms with Crippen LogP contribution in [-0.4, -0.2) is 31.5 Å². The quantitative estimate of drug-likeness (QED) is 0.775. The average Bonchev–Trinajstić information content (AvgIpc) is 2.38. The predicted octanol–water partition coefficient (Wildman–Crippen LogP) is 2.85. The highest BCUT2D eigenvalue weighted by Gasteiger charge is 2.12. The number of hydrogen-bond acceptors (Lipinski definition) is 4. The van der Waals surface area contributed by atoms with Crippen LogP contribution in [0.4, 0.5) is 0 Å². The maximum atomic E-state index is 9.75. The van der Waals surface area contributed by atoms with Gasteiger partial charge < -0.3 is 19.9 Å². The van der Waals surface area contributed by atoms with Gasteiger partial charge in [0.25, 0.3) is 0 Å². The number of nitrogens with one attached hydrogen (secondary N) is 1. The molecular formula is C15H24ClNO3. The van der Waals surface area contributed by atoms with Gasteiger partial charge in [-0.25, -0.2) is 0 Å². The fourth-order valence-electron chi connectivity index (χ4n) is 1.78. The van der Waals surface area contributed by atoms with Gasteiger partial charge in [0, 0.05) is 13.1 Å². The van der Waals surface area contributed by atoms with Gasteiger partial charge in [-0.2, -0.15) is 0 Å². The molecule has 4 nitrogen and oxygen atoms in total. The van der Waals surface area contributed by atoms with E-state index in [-0.39, 0.29) is 12.0 Å². The van der Waals surface area contributed by atoms with Gasteiger partial charge in [0.05, 0.1) is 24.8 Å². The number of aliphatic hydroxyl groups is 1. The van der Waals surface area contributed by atoms with Gasteiger partial charge in [0.15, 0.2) is 11.5 Å². The summed E-state index contributed by atoms with van der Waals surface area (Å²) in [5.74, 6) is 1.43. The second kappa shape index (κ2) is 8.35. The molecule has 0 aromatic heterocycles. The number of rotatable bonds is 8. The molecular weight excluding hydrogens is 278 g/mol. The SMILES string of the molecule is CCOc1cc(CNCC(O)C(C)C)cc(Cl)c1OC. The number of methoxy groups -OCH3 is 1. The molecule has 20 heavy (non-hydrogen) atoms. The van der Waals surface area contributed by atoms with Crippen molar-refractivity contribution in [2.45, 2.75) is 33.4 Å². The molecule has 1 rings (SSSR count). The van der Waals surface area contributed by atoms with E-state index in [2.05, 4.69) is 5.32 Å². The summed E-state index contributed by atoms with van der Waals surface area (Å²) in [4.78, 5) is 0. The highest BCUT2D eigenvalue weighted by molar-refractivity contribution is 6.32. The van der Waals surface area contributed by atoms with Crippen molar-refractivity contribution >= 4 is 11.6 Å². The minimum atomic E-state index is -0.352. The van der Waals surface area contributed by atoms with Gasteiger partial charge in [0.1, 0.15) is 0 Å². The van der Waals surface area contributed by atoms with E-state index in [0.717, 1.165) is 5.56 Å². The van der Waals surface area contributed by atoms with E-state index in [1.165, 1.54) is 0 Å². The van der Waals surface area contributed by atoms with Crippen LogP contribution in [0.15, 0.2) is 12.1 Å². The molecule has 0 fully saturated rings. The van der Waals surface area contributed by atoms with E-state index < -0.39 is 0 Å². The van der Waals surface area contributed by atoms with Crippen LogP contribution in [0.2, 0.25) is 5.02 Å². The molecule has 0 radical (unpaired) electrons. The molecule has 0 spiro atoms. The summed E-state index contributed by atoms with van der Waals surface area (Å²) >= 11 is 6.18. The summed E-state index contributed by atoms with van der Waals surface area (Å²) < 4.78 is 10.8. The summed E-state index contributed by atoms with van der Waals surface area (Å²) in [6.45, 7) is 7.61. The van der Waals surface area contributed by atoms with Crippen LogP contribution in [-0.2, 0) is 6.54 Å². The third-order valence-electron chi connectivity index (χ3n) is 3.03. The second-order valence-corrected chi connectivity index (χ2v) is 5.39. The molecule has 0 saturated carbocycles. The summed E-state index contributed by atoms with van der Waals surface area (Å²) in [5.41, 5.74) is 0.996. The number of ether oxygens (including phenoxy) is 2. The molecule has 1 aromatic rings. The van der Waals surface area contributed by atoms with E-state index >= 15 is 0 Å². The molecule has 1 aromatic carbocycles. The summed E-state index contributed by atoms with van der Waals surface area (Å²) in [5, 5.41) is 13.5. The topological polar surface area (TPSA) is 50.7 Å². The van der Waals surface area contributed by atoms with Crippen molar-refractivity contribution in [2.24, 2.45) is 5.92 Å². The Morgan fingerprint density at radius 1 is 1.35 bits per heavy atom. The number of aliphatic hydroxyl groups excluding tert-OH is 1. The van der Waals surface area contributed by atoms with Crippen molar-refractivity contribution in [3.05, 3.63) is 22.7 Å². The summed E-state index contributed by atoms with van der Waals surface area (Å²) in [7, 11) is 1.57. The first kappa shape index (κ1) is 17.1. The van der Waals surface area contributed by atoms with Gasteiger partial charge in [-0.3, -0.25) is 0 Å². The summed E-state index contributed by atoms with van der Waals surface area (Å²) in [6, 6.07) is 3.75. The third-order valence-corrected chi connectivity index (χ3v) is 3.31. The maximum Gasteiger partial charge on any atom is 0.179 e. The highest BCUT2D eigenvalue weighted by atomic mass is 35.5. The van der Waals surface area contributed by atoms with Crippen LogP contribution in [0, 0.1) is 5.92 Å². The van der Waals surface area contributed by atoms with Gasteiger partial charge in [-0.05, 0) is 30.5 Å². The molecule has 1 unspecified atom stereocenters. The lowest BCUT2D eigenvalue weighted by atomic mass is 10.1. The smallest absolute Gasteiger partial charge is 0.179 e. The molecule has 0 saturated heterocycles. The van der Waals surface area contributed by atoms with Crippen LogP contribution >= 0.6 is 11.6 Å². The molecule has 0 aliphatic heterocycles. The molecule has 0 heterocycles.